The molecule has 0 aromatic carbocycles. The largest absolute Gasteiger partial charge is 0.444 e. The maximum absolute atomic E-state index is 12.9. The summed E-state index contributed by atoms with van der Waals surface area (Å²) < 4.78 is 22.1. The van der Waals surface area contributed by atoms with Crippen LogP contribution < -0.4 is 36.1 Å². The Kier molecular flexibility index (Phi) is 12.6. The number of fused-ring (bicyclic) bond motifs is 1. The van der Waals surface area contributed by atoms with E-state index in [-0.39, 0.29) is 5.28 Å². The second-order valence-corrected chi connectivity index (χ2v) is 18.1. The molecule has 18 nitrogen and oxygen atoms in total. The fourth-order valence-corrected chi connectivity index (χ4v) is 6.31. The summed E-state index contributed by atoms with van der Waals surface area (Å²) in [6.07, 6.45) is -1.55. The summed E-state index contributed by atoms with van der Waals surface area (Å²) in [5.74, 6) is 0.932. The number of imidazole rings is 1. The van der Waals surface area contributed by atoms with Gasteiger partial charge in [-0.2, -0.15) is 4.98 Å². The number of nitrogens with one attached hydrogen (secondary N) is 6. The Labute approximate surface area is 321 Å². The van der Waals surface area contributed by atoms with Crippen LogP contribution in [0.3, 0.4) is 0 Å². The van der Waals surface area contributed by atoms with E-state index < -0.39 is 70.9 Å². The summed E-state index contributed by atoms with van der Waals surface area (Å²) in [5.41, 5.74) is -1.95. The second-order valence-electron chi connectivity index (χ2n) is 17.8. The fourth-order valence-electron chi connectivity index (χ4n) is 6.15. The molecule has 4 heterocycles. The monoisotopic (exact) mass is 781 g/mol. The lowest BCUT2D eigenvalue weighted by molar-refractivity contribution is -0.333. The predicted molar refractivity (Wildman–Crippen MR) is 202 cm³/mol. The lowest BCUT2D eigenvalue weighted by Crippen LogP contribution is -2.58. The van der Waals surface area contributed by atoms with Crippen molar-refractivity contribution in [1.82, 2.24) is 36.2 Å². The zero-order valence-electron chi connectivity index (χ0n) is 33.5. The highest BCUT2D eigenvalue weighted by atomic mass is 35.5. The van der Waals surface area contributed by atoms with E-state index in [1.807, 2.05) is 9.80 Å². The van der Waals surface area contributed by atoms with Gasteiger partial charge in [-0.05, 0) is 108 Å². The minimum absolute atomic E-state index is 0.0363. The highest BCUT2D eigenvalue weighted by Gasteiger charge is 2.38. The zero-order chi connectivity index (χ0) is 40.4. The SMILES string of the molecule is CC(C)(C)OC(=O)NC1CC(NC(=O)OC(C)(C)C)CN(c2[nH]c3c(N4CC(NC(=O)OC(C)(C)C)CC(NC(=O)OC(C)(C)C)C4)nc(Cl)nc3[nH+]2)C1. The normalized spacial score (nSPS) is 21.2. The molecule has 2 fully saturated rings. The first-order chi connectivity index (χ1) is 24.7. The van der Waals surface area contributed by atoms with Gasteiger partial charge in [-0.1, -0.05) is 4.98 Å². The van der Waals surface area contributed by atoms with Gasteiger partial charge in [-0.15, -0.1) is 0 Å². The Bertz CT molecular complexity index is 1600. The summed E-state index contributed by atoms with van der Waals surface area (Å²) in [4.78, 5) is 70.9. The number of carbonyl (C=O) groups is 4. The number of H-pyrrole nitrogens is 2. The minimum atomic E-state index is -0.716. The highest BCUT2D eigenvalue weighted by molar-refractivity contribution is 6.28. The van der Waals surface area contributed by atoms with E-state index in [2.05, 4.69) is 41.2 Å². The molecule has 19 heteroatoms. The van der Waals surface area contributed by atoms with Crippen molar-refractivity contribution in [3.63, 3.8) is 0 Å². The van der Waals surface area contributed by atoms with Gasteiger partial charge in [0.15, 0.2) is 11.3 Å². The summed E-state index contributed by atoms with van der Waals surface area (Å²) >= 11 is 6.49. The number of rotatable bonds is 6. The first-order valence-electron chi connectivity index (χ1n) is 18.2. The lowest BCUT2D eigenvalue weighted by atomic mass is 10.0. The van der Waals surface area contributed by atoms with Crippen LogP contribution in [0, 0.1) is 0 Å². The molecule has 302 valence electrons. The number of carbonyl (C=O) groups excluding carboxylic acids is 4. The third-order valence-electron chi connectivity index (χ3n) is 7.74. The number of anilines is 2. The molecule has 54 heavy (non-hydrogen) atoms. The van der Waals surface area contributed by atoms with Crippen molar-refractivity contribution in [2.24, 2.45) is 0 Å². The van der Waals surface area contributed by atoms with E-state index >= 15 is 0 Å². The molecule has 0 spiro atoms. The van der Waals surface area contributed by atoms with E-state index in [1.54, 1.807) is 83.1 Å². The number of aromatic nitrogens is 4. The Morgan fingerprint density at radius 3 is 1.28 bits per heavy atom. The third-order valence-corrected chi connectivity index (χ3v) is 7.91. The molecular weight excluding hydrogens is 724 g/mol. The molecule has 0 aliphatic carbocycles. The van der Waals surface area contributed by atoms with Crippen molar-refractivity contribution in [2.75, 3.05) is 36.0 Å². The lowest BCUT2D eigenvalue weighted by Gasteiger charge is -2.39. The van der Waals surface area contributed by atoms with Crippen LogP contribution in [0.1, 0.15) is 95.9 Å². The number of alkyl carbamates (subject to hydrolysis) is 4. The molecule has 2 aliphatic rings. The first-order valence-corrected chi connectivity index (χ1v) is 18.5. The Hall–Kier alpha value is -4.48. The van der Waals surface area contributed by atoms with Gasteiger partial charge in [0.2, 0.25) is 0 Å². The quantitative estimate of drug-likeness (QED) is 0.204. The number of aromatic amines is 2. The molecule has 0 saturated carbocycles. The molecular formula is C35H58ClN10O8+. The number of halogens is 1. The molecule has 0 radical (unpaired) electrons. The number of amides is 4. The van der Waals surface area contributed by atoms with Gasteiger partial charge in [0, 0.05) is 13.1 Å². The third kappa shape index (κ3) is 13.4. The molecule has 2 aromatic heterocycles. The van der Waals surface area contributed by atoms with Crippen LogP contribution in [-0.2, 0) is 18.9 Å². The van der Waals surface area contributed by atoms with Crippen molar-refractivity contribution in [3.8, 4) is 0 Å². The molecule has 4 unspecified atom stereocenters. The Balaban J connectivity index is 1.65. The van der Waals surface area contributed by atoms with E-state index in [0.717, 1.165) is 0 Å². The van der Waals surface area contributed by atoms with Gasteiger partial charge in [0.05, 0.1) is 37.3 Å². The van der Waals surface area contributed by atoms with E-state index in [0.29, 0.717) is 62.0 Å². The van der Waals surface area contributed by atoms with Crippen molar-refractivity contribution < 1.29 is 43.1 Å². The maximum atomic E-state index is 12.9. The molecule has 2 saturated heterocycles. The summed E-state index contributed by atoms with van der Waals surface area (Å²) in [6.45, 7) is 22.6. The molecule has 2 aromatic rings. The molecule has 2 aliphatic heterocycles. The second kappa shape index (κ2) is 16.1. The number of piperidine rings is 2. The van der Waals surface area contributed by atoms with E-state index in [1.165, 1.54) is 0 Å². The molecule has 6 N–H and O–H groups in total. The molecule has 4 atom stereocenters. The predicted octanol–water partition coefficient (Wildman–Crippen LogP) is 4.42. The molecule has 4 rings (SSSR count). The van der Waals surface area contributed by atoms with Crippen molar-refractivity contribution in [3.05, 3.63) is 5.28 Å². The van der Waals surface area contributed by atoms with Gasteiger partial charge in [-0.25, -0.2) is 24.2 Å². The van der Waals surface area contributed by atoms with Crippen LogP contribution >= 0.6 is 11.6 Å². The van der Waals surface area contributed by atoms with Gasteiger partial charge < -0.3 is 45.1 Å². The van der Waals surface area contributed by atoms with Crippen LogP contribution in [0.2, 0.25) is 5.28 Å². The Morgan fingerprint density at radius 1 is 0.611 bits per heavy atom. The van der Waals surface area contributed by atoms with Gasteiger partial charge in [0.1, 0.15) is 22.4 Å². The van der Waals surface area contributed by atoms with Crippen LogP contribution in [-0.4, -0.2) is 112 Å². The van der Waals surface area contributed by atoms with Crippen molar-refractivity contribution in [1.29, 1.82) is 0 Å². The summed E-state index contributed by atoms with van der Waals surface area (Å²) in [7, 11) is 0. The molecule has 4 amide bonds. The fraction of sp³-hybridized carbons (Fsp3) is 0.743. The van der Waals surface area contributed by atoms with Crippen LogP contribution in [0.15, 0.2) is 0 Å². The number of nitrogens with zero attached hydrogens (tertiary/aromatic N) is 4. The first kappa shape index (κ1) is 42.3. The maximum Gasteiger partial charge on any atom is 0.407 e. The van der Waals surface area contributed by atoms with Gasteiger partial charge in [0.25, 0.3) is 10.9 Å². The average molecular weight is 782 g/mol. The van der Waals surface area contributed by atoms with Crippen LogP contribution in [0.5, 0.6) is 0 Å². The average Bonchev–Trinajstić information content (AvgIpc) is 3.36. The Morgan fingerprint density at radius 2 is 0.944 bits per heavy atom. The highest BCUT2D eigenvalue weighted by Crippen LogP contribution is 2.28. The smallest absolute Gasteiger partial charge is 0.407 e. The van der Waals surface area contributed by atoms with E-state index in [9.17, 15) is 19.2 Å². The number of hydrogen-bond acceptors (Lipinski definition) is 12. The van der Waals surface area contributed by atoms with Crippen molar-refractivity contribution in [2.45, 2.75) is 142 Å². The zero-order valence-corrected chi connectivity index (χ0v) is 34.2. The van der Waals surface area contributed by atoms with Crippen LogP contribution in [0.4, 0.5) is 30.9 Å². The summed E-state index contributed by atoms with van der Waals surface area (Å²) in [6, 6.07) is -1.78. The topological polar surface area (TPSA) is 216 Å². The van der Waals surface area contributed by atoms with Gasteiger partial charge in [-0.3, -0.25) is 9.88 Å². The van der Waals surface area contributed by atoms with Gasteiger partial charge >= 0.3 is 30.3 Å². The number of ether oxygens (including phenoxy) is 4. The number of hydrogen-bond donors (Lipinski definition) is 5. The van der Waals surface area contributed by atoms with Crippen molar-refractivity contribution >= 4 is 58.9 Å². The van der Waals surface area contributed by atoms with E-state index in [4.69, 9.17) is 30.5 Å². The van der Waals surface area contributed by atoms with Crippen LogP contribution in [0.25, 0.3) is 11.2 Å². The standard InChI is InChI=1S/C35H57ClN10O8/c1-32(2,3)51-28(47)37-19-13-20(38-29(48)52-33(4,5)6)16-45(15-19)25-23-24(42-26(36)44-25)43-27(41-23)46-17-21(39-30(49)53-34(7,8)9)14-22(18-46)40-31(50)54-35(10,11)12/h19-22H,13-18H2,1-12H3,(H,37,47)(H,38,48)(H,39,49)(H,40,50)(H,41,42,43,44)/p+1. The summed E-state index contributed by atoms with van der Waals surface area (Å²) in [5, 5.41) is 11.7. The minimum Gasteiger partial charge on any atom is -0.444 e. The molecule has 0 bridgehead atoms.